The maximum absolute atomic E-state index is 13.6. The first kappa shape index (κ1) is 26.8. The van der Waals surface area contributed by atoms with E-state index in [9.17, 15) is 14.7 Å². The maximum atomic E-state index is 13.6. The number of ether oxygens (including phenoxy) is 2. The highest BCUT2D eigenvalue weighted by atomic mass is 35.5. The molecule has 35 heavy (non-hydrogen) atoms. The number of aromatic nitrogens is 1. The number of nitrogens with one attached hydrogen (secondary N) is 1. The minimum absolute atomic E-state index is 0.115. The molecule has 0 spiro atoms. The Kier molecular flexibility index (Phi) is 7.97. The van der Waals surface area contributed by atoms with Crippen LogP contribution >= 0.6 is 11.6 Å². The SMILES string of the molecule is COc1ccc(C(=O)N[C@@H](C(=O)N2CC[C@](O)(c3ccc(Cl)cc3)C(C)(C)C2)C(C)C)c(OC)n1. The largest absolute Gasteiger partial charge is 0.481 e. The lowest BCUT2D eigenvalue weighted by molar-refractivity contribution is -0.155. The smallest absolute Gasteiger partial charge is 0.257 e. The molecule has 0 unspecified atom stereocenters. The van der Waals surface area contributed by atoms with Crippen molar-refractivity contribution in [2.75, 3.05) is 27.3 Å². The number of methoxy groups -OCH3 is 2. The maximum Gasteiger partial charge on any atom is 0.257 e. The molecule has 190 valence electrons. The number of aliphatic hydroxyl groups is 1. The molecule has 8 nitrogen and oxygen atoms in total. The van der Waals surface area contributed by atoms with Gasteiger partial charge >= 0.3 is 0 Å². The number of hydrogen-bond donors (Lipinski definition) is 2. The summed E-state index contributed by atoms with van der Waals surface area (Å²) in [5.74, 6) is -0.385. The Hall–Kier alpha value is -2.84. The van der Waals surface area contributed by atoms with Crippen LogP contribution in [0.3, 0.4) is 0 Å². The average Bonchev–Trinajstić information content (AvgIpc) is 2.83. The predicted octanol–water partition coefficient (Wildman–Crippen LogP) is 3.65. The lowest BCUT2D eigenvalue weighted by atomic mass is 9.66. The molecule has 2 aromatic rings. The normalized spacial score (nSPS) is 20.3. The van der Waals surface area contributed by atoms with Crippen molar-refractivity contribution in [3.63, 3.8) is 0 Å². The quantitative estimate of drug-likeness (QED) is 0.598. The molecule has 2 amide bonds. The fourth-order valence-electron chi connectivity index (χ4n) is 4.57. The average molecular weight is 504 g/mol. The van der Waals surface area contributed by atoms with Crippen molar-refractivity contribution in [1.82, 2.24) is 15.2 Å². The summed E-state index contributed by atoms with van der Waals surface area (Å²) in [6, 6.07) is 9.53. The Labute approximate surface area is 211 Å². The zero-order valence-corrected chi connectivity index (χ0v) is 21.8. The minimum atomic E-state index is -1.12. The molecule has 0 aliphatic carbocycles. The van der Waals surface area contributed by atoms with Crippen LogP contribution < -0.4 is 14.8 Å². The zero-order chi connectivity index (χ0) is 26.0. The summed E-state index contributed by atoms with van der Waals surface area (Å²) >= 11 is 6.03. The third-order valence-electron chi connectivity index (χ3n) is 6.78. The third-order valence-corrected chi connectivity index (χ3v) is 7.04. The van der Waals surface area contributed by atoms with Gasteiger partial charge < -0.3 is 24.8 Å². The van der Waals surface area contributed by atoms with Crippen molar-refractivity contribution in [1.29, 1.82) is 0 Å². The lowest BCUT2D eigenvalue weighted by Crippen LogP contribution is -2.60. The van der Waals surface area contributed by atoms with Crippen LogP contribution in [0.15, 0.2) is 36.4 Å². The van der Waals surface area contributed by atoms with E-state index in [4.69, 9.17) is 21.1 Å². The highest BCUT2D eigenvalue weighted by molar-refractivity contribution is 6.30. The number of pyridine rings is 1. The number of halogens is 1. The Balaban J connectivity index is 1.79. The Bertz CT molecular complexity index is 1070. The number of piperidine rings is 1. The van der Waals surface area contributed by atoms with Gasteiger partial charge in [-0.1, -0.05) is 51.4 Å². The second-order valence-corrected chi connectivity index (χ2v) is 10.3. The van der Waals surface area contributed by atoms with E-state index in [0.29, 0.717) is 30.4 Å². The van der Waals surface area contributed by atoms with Gasteiger partial charge in [0.05, 0.1) is 19.8 Å². The van der Waals surface area contributed by atoms with E-state index in [1.54, 1.807) is 29.2 Å². The van der Waals surface area contributed by atoms with Gasteiger partial charge in [0.15, 0.2) is 0 Å². The van der Waals surface area contributed by atoms with E-state index in [0.717, 1.165) is 5.56 Å². The van der Waals surface area contributed by atoms with E-state index in [1.807, 2.05) is 39.8 Å². The molecular weight excluding hydrogens is 470 g/mol. The number of carbonyl (C=O) groups excluding carboxylic acids is 2. The number of hydrogen-bond acceptors (Lipinski definition) is 6. The summed E-state index contributed by atoms with van der Waals surface area (Å²) in [4.78, 5) is 32.5. The monoisotopic (exact) mass is 503 g/mol. The topological polar surface area (TPSA) is 101 Å². The molecular formula is C26H34ClN3O5. The number of rotatable bonds is 7. The Morgan fingerprint density at radius 3 is 2.31 bits per heavy atom. The molecule has 3 rings (SSSR count). The number of amides is 2. The van der Waals surface area contributed by atoms with Crippen molar-refractivity contribution < 1.29 is 24.2 Å². The van der Waals surface area contributed by atoms with E-state index in [1.165, 1.54) is 14.2 Å². The van der Waals surface area contributed by atoms with Crippen LogP contribution in [0.25, 0.3) is 0 Å². The second-order valence-electron chi connectivity index (χ2n) is 9.87. The van der Waals surface area contributed by atoms with Crippen molar-refractivity contribution in [2.24, 2.45) is 11.3 Å². The van der Waals surface area contributed by atoms with E-state index >= 15 is 0 Å². The van der Waals surface area contributed by atoms with Gasteiger partial charge in [0.25, 0.3) is 5.91 Å². The standard InChI is InChI=1S/C26H34ClN3O5/c1-16(2)21(29-22(31)19-11-12-20(34-5)28-23(19)35-6)24(32)30-14-13-26(33,25(3,4)15-30)17-7-9-18(27)10-8-17/h7-12,16,21,33H,13-15H2,1-6H3,(H,29,31)/t21-,26+/m1/s1. The highest BCUT2D eigenvalue weighted by Gasteiger charge is 2.50. The molecule has 1 fully saturated rings. The van der Waals surface area contributed by atoms with Gasteiger partial charge in [-0.05, 0) is 36.1 Å². The number of carbonyl (C=O) groups is 2. The van der Waals surface area contributed by atoms with Crippen LogP contribution in [0.1, 0.15) is 50.0 Å². The molecule has 1 saturated heterocycles. The number of benzene rings is 1. The van der Waals surface area contributed by atoms with Gasteiger partial charge in [-0.15, -0.1) is 0 Å². The lowest BCUT2D eigenvalue weighted by Gasteiger charge is -2.51. The molecule has 1 aromatic carbocycles. The molecule has 2 atom stereocenters. The van der Waals surface area contributed by atoms with E-state index in [-0.39, 0.29) is 23.3 Å². The first-order valence-electron chi connectivity index (χ1n) is 11.6. The summed E-state index contributed by atoms with van der Waals surface area (Å²) in [6.45, 7) is 8.33. The minimum Gasteiger partial charge on any atom is -0.481 e. The Morgan fingerprint density at radius 1 is 1.11 bits per heavy atom. The number of nitrogens with zero attached hydrogens (tertiary/aromatic N) is 2. The number of likely N-dealkylation sites (tertiary alicyclic amines) is 1. The molecule has 0 bridgehead atoms. The van der Waals surface area contributed by atoms with Crippen LogP contribution in [-0.4, -0.2) is 60.2 Å². The van der Waals surface area contributed by atoms with Gasteiger partial charge in [0.2, 0.25) is 17.7 Å². The molecule has 0 saturated carbocycles. The first-order valence-corrected chi connectivity index (χ1v) is 12.0. The summed E-state index contributed by atoms with van der Waals surface area (Å²) in [7, 11) is 2.89. The molecule has 0 radical (unpaired) electrons. The first-order chi connectivity index (χ1) is 16.4. The predicted molar refractivity (Wildman–Crippen MR) is 134 cm³/mol. The summed E-state index contributed by atoms with van der Waals surface area (Å²) in [5, 5.41) is 15.1. The van der Waals surface area contributed by atoms with Crippen LogP contribution in [0.4, 0.5) is 0 Å². The van der Waals surface area contributed by atoms with E-state index in [2.05, 4.69) is 10.3 Å². The third kappa shape index (κ3) is 5.38. The highest BCUT2D eigenvalue weighted by Crippen LogP contribution is 2.46. The van der Waals surface area contributed by atoms with Crippen LogP contribution in [0.2, 0.25) is 5.02 Å². The van der Waals surface area contributed by atoms with Gasteiger partial charge in [-0.3, -0.25) is 9.59 Å². The molecule has 1 aliphatic heterocycles. The second kappa shape index (κ2) is 10.4. The molecule has 1 aliphatic rings. The summed E-state index contributed by atoms with van der Waals surface area (Å²) < 4.78 is 10.3. The van der Waals surface area contributed by atoms with Crippen LogP contribution in [-0.2, 0) is 10.4 Å². The molecule has 9 heteroatoms. The molecule has 1 aromatic heterocycles. The Morgan fingerprint density at radius 2 is 1.77 bits per heavy atom. The van der Waals surface area contributed by atoms with Crippen molar-refractivity contribution in [3.8, 4) is 11.8 Å². The van der Waals surface area contributed by atoms with Gasteiger partial charge in [-0.25, -0.2) is 0 Å². The van der Waals surface area contributed by atoms with Gasteiger partial charge in [0, 0.05) is 29.6 Å². The fourth-order valence-corrected chi connectivity index (χ4v) is 4.69. The van der Waals surface area contributed by atoms with Crippen LogP contribution in [0.5, 0.6) is 11.8 Å². The molecule has 2 heterocycles. The summed E-state index contributed by atoms with van der Waals surface area (Å²) in [6.07, 6.45) is 0.363. The van der Waals surface area contributed by atoms with Gasteiger partial charge in [-0.2, -0.15) is 4.98 Å². The van der Waals surface area contributed by atoms with Gasteiger partial charge in [0.1, 0.15) is 11.6 Å². The van der Waals surface area contributed by atoms with Crippen LogP contribution in [0, 0.1) is 11.3 Å². The van der Waals surface area contributed by atoms with Crippen molar-refractivity contribution >= 4 is 23.4 Å². The molecule has 2 N–H and O–H groups in total. The van der Waals surface area contributed by atoms with Crippen molar-refractivity contribution in [3.05, 3.63) is 52.5 Å². The fraction of sp³-hybridized carbons (Fsp3) is 0.500. The van der Waals surface area contributed by atoms with Crippen molar-refractivity contribution in [2.45, 2.75) is 45.8 Å². The zero-order valence-electron chi connectivity index (χ0n) is 21.1. The van der Waals surface area contributed by atoms with E-state index < -0.39 is 23.0 Å². The summed E-state index contributed by atoms with van der Waals surface area (Å²) in [5.41, 5.74) is -0.772.